The number of aryl methyl sites for hydroxylation is 1. The van der Waals surface area contributed by atoms with Gasteiger partial charge in [-0.15, -0.1) is 11.3 Å². The number of nitrogens with zero attached hydrogens (tertiary/aromatic N) is 1. The Kier molecular flexibility index (Phi) is 4.93. The second kappa shape index (κ2) is 6.68. The highest BCUT2D eigenvalue weighted by Gasteiger charge is 2.14. The van der Waals surface area contributed by atoms with Gasteiger partial charge in [-0.25, -0.2) is 0 Å². The molecule has 4 heteroatoms. The number of carbonyl (C=O) groups is 1. The lowest BCUT2D eigenvalue weighted by atomic mass is 10.2. The lowest BCUT2D eigenvalue weighted by molar-refractivity contribution is 0.0929. The number of ketones is 1. The second-order valence-electron chi connectivity index (χ2n) is 4.43. The maximum atomic E-state index is 12.2. The zero-order valence-electron chi connectivity index (χ0n) is 11.4. The molecule has 2 rings (SSSR count). The molecule has 19 heavy (non-hydrogen) atoms. The van der Waals surface area contributed by atoms with E-state index in [4.69, 9.17) is 4.42 Å². The van der Waals surface area contributed by atoms with Crippen molar-refractivity contribution in [2.45, 2.75) is 26.8 Å². The fourth-order valence-electron chi connectivity index (χ4n) is 1.90. The molecule has 2 heterocycles. The lowest BCUT2D eigenvalue weighted by Crippen LogP contribution is -2.28. The Balaban J connectivity index is 1.95. The van der Waals surface area contributed by atoms with Crippen LogP contribution in [0.15, 0.2) is 34.9 Å². The first-order valence-electron chi connectivity index (χ1n) is 6.59. The van der Waals surface area contributed by atoms with Gasteiger partial charge in [-0.1, -0.05) is 13.8 Å². The Hall–Kier alpha value is -1.39. The molecule has 102 valence electrons. The van der Waals surface area contributed by atoms with E-state index in [0.29, 0.717) is 13.1 Å². The predicted octanol–water partition coefficient (Wildman–Crippen LogP) is 3.61. The van der Waals surface area contributed by atoms with Crippen LogP contribution < -0.4 is 0 Å². The van der Waals surface area contributed by atoms with Crippen LogP contribution in [0.3, 0.4) is 0 Å². The Morgan fingerprint density at radius 1 is 1.32 bits per heavy atom. The zero-order valence-corrected chi connectivity index (χ0v) is 12.2. The maximum Gasteiger partial charge on any atom is 0.186 e. The SMILES string of the molecule is CCc1ccc(C(=O)CN(CC)Cc2ccco2)s1. The minimum Gasteiger partial charge on any atom is -0.468 e. The number of likely N-dealkylation sites (N-methyl/N-ethyl adjacent to an activating group) is 1. The monoisotopic (exact) mass is 277 g/mol. The Labute approximate surface area is 117 Å². The number of thiophene rings is 1. The normalized spacial score (nSPS) is 11.1. The smallest absolute Gasteiger partial charge is 0.186 e. The molecular weight excluding hydrogens is 258 g/mol. The highest BCUT2D eigenvalue weighted by molar-refractivity contribution is 7.14. The maximum absolute atomic E-state index is 12.2. The average molecular weight is 277 g/mol. The molecule has 3 nitrogen and oxygen atoms in total. The quantitative estimate of drug-likeness (QED) is 0.725. The van der Waals surface area contributed by atoms with E-state index >= 15 is 0 Å². The van der Waals surface area contributed by atoms with Crippen molar-refractivity contribution in [1.29, 1.82) is 0 Å². The molecule has 0 spiro atoms. The zero-order chi connectivity index (χ0) is 13.7. The molecule has 0 saturated heterocycles. The van der Waals surface area contributed by atoms with E-state index in [9.17, 15) is 4.79 Å². The van der Waals surface area contributed by atoms with Crippen LogP contribution in [0.25, 0.3) is 0 Å². The van der Waals surface area contributed by atoms with E-state index in [-0.39, 0.29) is 5.78 Å². The van der Waals surface area contributed by atoms with Gasteiger partial charge in [0, 0.05) is 4.88 Å². The summed E-state index contributed by atoms with van der Waals surface area (Å²) in [6.07, 6.45) is 2.65. The van der Waals surface area contributed by atoms with Gasteiger partial charge in [-0.05, 0) is 37.2 Å². The van der Waals surface area contributed by atoms with Crippen LogP contribution in [-0.2, 0) is 13.0 Å². The first kappa shape index (κ1) is 14.0. The summed E-state index contributed by atoms with van der Waals surface area (Å²) >= 11 is 1.60. The summed E-state index contributed by atoms with van der Waals surface area (Å²) < 4.78 is 5.32. The first-order chi connectivity index (χ1) is 9.22. The van der Waals surface area contributed by atoms with Crippen LogP contribution in [0.5, 0.6) is 0 Å². The summed E-state index contributed by atoms with van der Waals surface area (Å²) in [5, 5.41) is 0. The third-order valence-electron chi connectivity index (χ3n) is 3.06. The van der Waals surface area contributed by atoms with Crippen LogP contribution in [0.2, 0.25) is 0 Å². The van der Waals surface area contributed by atoms with Crippen molar-refractivity contribution in [2.75, 3.05) is 13.1 Å². The fourth-order valence-corrected chi connectivity index (χ4v) is 2.78. The summed E-state index contributed by atoms with van der Waals surface area (Å²) in [5.41, 5.74) is 0. The minimum atomic E-state index is 0.193. The van der Waals surface area contributed by atoms with Crippen molar-refractivity contribution in [3.8, 4) is 0 Å². The molecule has 0 N–H and O–H groups in total. The van der Waals surface area contributed by atoms with Crippen LogP contribution in [0, 0.1) is 0 Å². The van der Waals surface area contributed by atoms with Crippen molar-refractivity contribution in [3.63, 3.8) is 0 Å². The van der Waals surface area contributed by atoms with Crippen LogP contribution in [-0.4, -0.2) is 23.8 Å². The van der Waals surface area contributed by atoms with E-state index in [1.165, 1.54) is 4.88 Å². The number of carbonyl (C=O) groups excluding carboxylic acids is 1. The van der Waals surface area contributed by atoms with Gasteiger partial charge in [0.05, 0.1) is 24.2 Å². The van der Waals surface area contributed by atoms with Crippen molar-refractivity contribution < 1.29 is 9.21 Å². The van der Waals surface area contributed by atoms with E-state index < -0.39 is 0 Å². The molecule has 0 atom stereocenters. The molecule has 0 fully saturated rings. The van der Waals surface area contributed by atoms with E-state index in [2.05, 4.69) is 18.7 Å². The van der Waals surface area contributed by atoms with Gasteiger partial charge >= 0.3 is 0 Å². The largest absolute Gasteiger partial charge is 0.468 e. The number of hydrogen-bond donors (Lipinski definition) is 0. The van der Waals surface area contributed by atoms with Gasteiger partial charge in [0.2, 0.25) is 0 Å². The fraction of sp³-hybridized carbons (Fsp3) is 0.400. The third kappa shape index (κ3) is 3.78. The van der Waals surface area contributed by atoms with Gasteiger partial charge in [0.1, 0.15) is 5.76 Å². The summed E-state index contributed by atoms with van der Waals surface area (Å²) in [5.74, 6) is 1.09. The number of rotatable bonds is 7. The molecule has 2 aromatic rings. The molecule has 0 aliphatic rings. The second-order valence-corrected chi connectivity index (χ2v) is 5.59. The molecule has 0 saturated carbocycles. The van der Waals surface area contributed by atoms with Crippen LogP contribution in [0.1, 0.15) is 34.2 Å². The molecule has 0 radical (unpaired) electrons. The topological polar surface area (TPSA) is 33.5 Å². The van der Waals surface area contributed by atoms with E-state index in [0.717, 1.165) is 23.6 Å². The summed E-state index contributed by atoms with van der Waals surface area (Å²) in [4.78, 5) is 16.4. The van der Waals surface area contributed by atoms with Gasteiger partial charge in [0.15, 0.2) is 5.78 Å². The highest BCUT2D eigenvalue weighted by Crippen LogP contribution is 2.18. The standard InChI is InChI=1S/C15H19NO2S/c1-3-13-7-8-15(19-13)14(17)11-16(4-2)10-12-6-5-9-18-12/h5-9H,3-4,10-11H2,1-2H3. The van der Waals surface area contributed by atoms with Crippen molar-refractivity contribution in [3.05, 3.63) is 46.0 Å². The lowest BCUT2D eigenvalue weighted by Gasteiger charge is -2.17. The van der Waals surface area contributed by atoms with E-state index in [1.54, 1.807) is 17.6 Å². The minimum absolute atomic E-state index is 0.193. The molecule has 0 aliphatic heterocycles. The Morgan fingerprint density at radius 2 is 2.16 bits per heavy atom. The Morgan fingerprint density at radius 3 is 2.74 bits per heavy atom. The van der Waals surface area contributed by atoms with Crippen LogP contribution in [0.4, 0.5) is 0 Å². The first-order valence-corrected chi connectivity index (χ1v) is 7.41. The van der Waals surface area contributed by atoms with Crippen molar-refractivity contribution >= 4 is 17.1 Å². The van der Waals surface area contributed by atoms with Crippen LogP contribution >= 0.6 is 11.3 Å². The molecule has 0 aromatic carbocycles. The third-order valence-corrected chi connectivity index (χ3v) is 4.33. The molecular formula is C15H19NO2S. The van der Waals surface area contributed by atoms with Gasteiger partial charge in [-0.3, -0.25) is 9.69 Å². The average Bonchev–Trinajstić information content (AvgIpc) is 3.08. The molecule has 0 aliphatic carbocycles. The summed E-state index contributed by atoms with van der Waals surface area (Å²) in [6, 6.07) is 7.79. The van der Waals surface area contributed by atoms with Gasteiger partial charge in [0.25, 0.3) is 0 Å². The molecule has 0 bridgehead atoms. The summed E-state index contributed by atoms with van der Waals surface area (Å²) in [6.45, 7) is 6.12. The van der Waals surface area contributed by atoms with Gasteiger partial charge in [-0.2, -0.15) is 0 Å². The Bertz CT molecular complexity index is 516. The predicted molar refractivity (Wildman–Crippen MR) is 77.7 cm³/mol. The molecule has 0 unspecified atom stereocenters. The number of Topliss-reactive ketones (excluding diaryl/α,β-unsaturated/α-hetero) is 1. The number of furan rings is 1. The van der Waals surface area contributed by atoms with Crippen molar-refractivity contribution in [2.24, 2.45) is 0 Å². The summed E-state index contributed by atoms with van der Waals surface area (Å²) in [7, 11) is 0. The van der Waals surface area contributed by atoms with Crippen molar-refractivity contribution in [1.82, 2.24) is 4.90 Å². The molecule has 0 amide bonds. The molecule has 2 aromatic heterocycles. The highest BCUT2D eigenvalue weighted by atomic mass is 32.1. The van der Waals surface area contributed by atoms with E-state index in [1.807, 2.05) is 24.3 Å². The number of hydrogen-bond acceptors (Lipinski definition) is 4. The van der Waals surface area contributed by atoms with Gasteiger partial charge < -0.3 is 4.42 Å².